The molecule has 22 heavy (non-hydrogen) atoms. The lowest BCUT2D eigenvalue weighted by Gasteiger charge is -2.15. The molecular formula is C16H26N2O4. The smallest absolute Gasteiger partial charge is 0.257 e. The van der Waals surface area contributed by atoms with E-state index in [1.165, 1.54) is 0 Å². The summed E-state index contributed by atoms with van der Waals surface area (Å²) >= 11 is 0. The maximum Gasteiger partial charge on any atom is 0.257 e. The fraction of sp³-hybridized carbons (Fsp3) is 0.562. The van der Waals surface area contributed by atoms with Crippen molar-refractivity contribution in [3.05, 3.63) is 23.8 Å². The molecule has 1 aromatic carbocycles. The fourth-order valence-corrected chi connectivity index (χ4v) is 1.93. The zero-order valence-corrected chi connectivity index (χ0v) is 13.5. The van der Waals surface area contributed by atoms with Gasteiger partial charge in [-0.3, -0.25) is 4.79 Å². The predicted octanol–water partition coefficient (Wildman–Crippen LogP) is 1.07. The van der Waals surface area contributed by atoms with Gasteiger partial charge in [-0.25, -0.2) is 0 Å². The molecule has 3 N–H and O–H groups in total. The van der Waals surface area contributed by atoms with E-state index in [1.54, 1.807) is 13.2 Å². The quantitative estimate of drug-likeness (QED) is 0.602. The zero-order valence-electron chi connectivity index (χ0n) is 13.5. The van der Waals surface area contributed by atoms with E-state index >= 15 is 0 Å². The molecule has 0 aliphatic rings. The molecule has 0 spiro atoms. The fourth-order valence-electron chi connectivity index (χ4n) is 1.93. The van der Waals surface area contributed by atoms with E-state index in [4.69, 9.17) is 14.6 Å². The Morgan fingerprint density at radius 3 is 2.68 bits per heavy atom. The molecule has 0 aliphatic carbocycles. The summed E-state index contributed by atoms with van der Waals surface area (Å²) in [7, 11) is 1.56. The van der Waals surface area contributed by atoms with Crippen molar-refractivity contribution in [3.8, 4) is 11.5 Å². The Morgan fingerprint density at radius 1 is 1.32 bits per heavy atom. The number of hydrogen-bond acceptors (Lipinski definition) is 5. The van der Waals surface area contributed by atoms with Crippen LogP contribution in [0.1, 0.15) is 25.8 Å². The molecule has 0 unspecified atom stereocenters. The van der Waals surface area contributed by atoms with E-state index in [1.807, 2.05) is 26.0 Å². The Hall–Kier alpha value is -1.79. The maximum absolute atomic E-state index is 11.4. The van der Waals surface area contributed by atoms with Crippen LogP contribution in [0.3, 0.4) is 0 Å². The Balaban J connectivity index is 2.64. The van der Waals surface area contributed by atoms with Gasteiger partial charge in [0.1, 0.15) is 0 Å². The van der Waals surface area contributed by atoms with Gasteiger partial charge in [0.05, 0.1) is 13.7 Å². The van der Waals surface area contributed by atoms with Crippen LogP contribution in [0.4, 0.5) is 0 Å². The minimum absolute atomic E-state index is 0.0375. The number of aliphatic hydroxyl groups is 1. The van der Waals surface area contributed by atoms with Crippen molar-refractivity contribution < 1.29 is 19.4 Å². The number of carbonyl (C=O) groups is 1. The lowest BCUT2D eigenvalue weighted by atomic mass is 10.1. The van der Waals surface area contributed by atoms with E-state index in [9.17, 15) is 4.79 Å². The SMILES string of the molecule is CCNC(=O)COc1ccc(CN[C@@H](CC)CO)cc1OC. The first-order valence-electron chi connectivity index (χ1n) is 7.55. The maximum atomic E-state index is 11.4. The number of carbonyl (C=O) groups excluding carboxylic acids is 1. The third-order valence-electron chi connectivity index (χ3n) is 3.27. The largest absolute Gasteiger partial charge is 0.493 e. The Bertz CT molecular complexity index is 461. The van der Waals surface area contributed by atoms with Gasteiger partial charge in [-0.15, -0.1) is 0 Å². The van der Waals surface area contributed by atoms with E-state index in [0.29, 0.717) is 24.6 Å². The first-order valence-corrected chi connectivity index (χ1v) is 7.55. The van der Waals surface area contributed by atoms with Crippen molar-refractivity contribution in [3.63, 3.8) is 0 Å². The van der Waals surface area contributed by atoms with Gasteiger partial charge in [-0.05, 0) is 31.0 Å². The average molecular weight is 310 g/mol. The second kappa shape index (κ2) is 10.0. The Kier molecular flexibility index (Phi) is 8.32. The predicted molar refractivity (Wildman–Crippen MR) is 85.2 cm³/mol. The van der Waals surface area contributed by atoms with Crippen molar-refractivity contribution in [2.24, 2.45) is 0 Å². The van der Waals surface area contributed by atoms with Gasteiger partial charge in [0.15, 0.2) is 18.1 Å². The number of hydrogen-bond donors (Lipinski definition) is 3. The molecule has 0 aliphatic heterocycles. The lowest BCUT2D eigenvalue weighted by molar-refractivity contribution is -0.123. The number of benzene rings is 1. The summed E-state index contributed by atoms with van der Waals surface area (Å²) < 4.78 is 10.8. The second-order valence-corrected chi connectivity index (χ2v) is 4.90. The van der Waals surface area contributed by atoms with E-state index in [2.05, 4.69) is 10.6 Å². The molecule has 1 atom stereocenters. The molecule has 1 aromatic rings. The third kappa shape index (κ3) is 5.91. The summed E-state index contributed by atoms with van der Waals surface area (Å²) in [6, 6.07) is 5.64. The molecule has 0 aromatic heterocycles. The number of likely N-dealkylation sites (N-methyl/N-ethyl adjacent to an activating group) is 1. The minimum atomic E-state index is -0.163. The van der Waals surface area contributed by atoms with Crippen LogP contribution in [0.2, 0.25) is 0 Å². The molecule has 1 rings (SSSR count). The molecule has 0 saturated heterocycles. The van der Waals surface area contributed by atoms with Crippen molar-refractivity contribution in [1.82, 2.24) is 10.6 Å². The first-order chi connectivity index (χ1) is 10.6. The lowest BCUT2D eigenvalue weighted by Crippen LogP contribution is -2.31. The normalized spacial score (nSPS) is 11.8. The summed E-state index contributed by atoms with van der Waals surface area (Å²) in [5.74, 6) is 0.955. The second-order valence-electron chi connectivity index (χ2n) is 4.90. The molecule has 6 nitrogen and oxygen atoms in total. The molecule has 0 saturated carbocycles. The number of nitrogens with one attached hydrogen (secondary N) is 2. The highest BCUT2D eigenvalue weighted by atomic mass is 16.5. The topological polar surface area (TPSA) is 79.8 Å². The highest BCUT2D eigenvalue weighted by Gasteiger charge is 2.09. The zero-order chi connectivity index (χ0) is 16.4. The molecule has 0 radical (unpaired) electrons. The van der Waals surface area contributed by atoms with Crippen LogP contribution in [-0.2, 0) is 11.3 Å². The van der Waals surface area contributed by atoms with Crippen LogP contribution in [0.25, 0.3) is 0 Å². The number of rotatable bonds is 10. The third-order valence-corrected chi connectivity index (χ3v) is 3.27. The molecule has 0 fully saturated rings. The number of amides is 1. The average Bonchev–Trinajstić information content (AvgIpc) is 2.54. The molecule has 6 heteroatoms. The van der Waals surface area contributed by atoms with E-state index in [0.717, 1.165) is 12.0 Å². The van der Waals surface area contributed by atoms with Gasteiger partial charge < -0.3 is 25.2 Å². The van der Waals surface area contributed by atoms with Crippen LogP contribution < -0.4 is 20.1 Å². The first kappa shape index (κ1) is 18.3. The molecule has 124 valence electrons. The highest BCUT2D eigenvalue weighted by Crippen LogP contribution is 2.28. The Morgan fingerprint density at radius 2 is 2.09 bits per heavy atom. The van der Waals surface area contributed by atoms with E-state index < -0.39 is 0 Å². The molecule has 0 bridgehead atoms. The van der Waals surface area contributed by atoms with Gasteiger partial charge in [-0.2, -0.15) is 0 Å². The van der Waals surface area contributed by atoms with Gasteiger partial charge in [0.2, 0.25) is 0 Å². The highest BCUT2D eigenvalue weighted by molar-refractivity contribution is 5.77. The van der Waals surface area contributed by atoms with Crippen LogP contribution in [0.5, 0.6) is 11.5 Å². The summed E-state index contributed by atoms with van der Waals surface area (Å²) in [5, 5.41) is 15.1. The van der Waals surface area contributed by atoms with Crippen molar-refractivity contribution in [1.29, 1.82) is 0 Å². The van der Waals surface area contributed by atoms with Crippen molar-refractivity contribution in [2.75, 3.05) is 26.9 Å². The molecular weight excluding hydrogens is 284 g/mol. The minimum Gasteiger partial charge on any atom is -0.493 e. The van der Waals surface area contributed by atoms with Crippen LogP contribution in [-0.4, -0.2) is 43.9 Å². The standard InChI is InChI=1S/C16H26N2O4/c1-4-13(10-19)18-9-12-6-7-14(15(8-12)21-3)22-11-16(20)17-5-2/h6-8,13,18-19H,4-5,9-11H2,1-3H3,(H,17,20)/t13-/m0/s1. The Labute approximate surface area is 131 Å². The van der Waals surface area contributed by atoms with Gasteiger partial charge >= 0.3 is 0 Å². The number of aliphatic hydroxyl groups excluding tert-OH is 1. The number of ether oxygens (including phenoxy) is 2. The molecule has 0 heterocycles. The van der Waals surface area contributed by atoms with Crippen LogP contribution in [0.15, 0.2) is 18.2 Å². The van der Waals surface area contributed by atoms with Crippen LogP contribution in [0, 0.1) is 0 Å². The monoisotopic (exact) mass is 310 g/mol. The molecule has 1 amide bonds. The van der Waals surface area contributed by atoms with Crippen molar-refractivity contribution >= 4 is 5.91 Å². The summed E-state index contributed by atoms with van der Waals surface area (Å²) in [6.45, 7) is 5.16. The summed E-state index contributed by atoms with van der Waals surface area (Å²) in [4.78, 5) is 11.4. The van der Waals surface area contributed by atoms with Gasteiger partial charge in [0.25, 0.3) is 5.91 Å². The number of methoxy groups -OCH3 is 1. The summed E-state index contributed by atoms with van der Waals surface area (Å²) in [6.07, 6.45) is 0.862. The van der Waals surface area contributed by atoms with Crippen molar-refractivity contribution in [2.45, 2.75) is 32.9 Å². The van der Waals surface area contributed by atoms with E-state index in [-0.39, 0.29) is 25.2 Å². The van der Waals surface area contributed by atoms with Gasteiger partial charge in [0, 0.05) is 19.1 Å². The van der Waals surface area contributed by atoms with Gasteiger partial charge in [-0.1, -0.05) is 13.0 Å². The summed E-state index contributed by atoms with van der Waals surface area (Å²) in [5.41, 5.74) is 1.02. The van der Waals surface area contributed by atoms with Crippen LogP contribution >= 0.6 is 0 Å².